The van der Waals surface area contributed by atoms with Crippen molar-refractivity contribution in [3.8, 4) is 0 Å². The Morgan fingerprint density at radius 1 is 1.62 bits per heavy atom. The van der Waals surface area contributed by atoms with Gasteiger partial charge in [-0.25, -0.2) is 9.18 Å². The molecule has 2 nitrogen and oxygen atoms in total. The van der Waals surface area contributed by atoms with E-state index in [4.69, 9.17) is 0 Å². The molecular formula is C9H8BrFO2. The van der Waals surface area contributed by atoms with Crippen LogP contribution in [-0.2, 0) is 10.1 Å². The summed E-state index contributed by atoms with van der Waals surface area (Å²) in [4.78, 5) is 11.0. The van der Waals surface area contributed by atoms with Crippen LogP contribution in [0.1, 0.15) is 15.9 Å². The monoisotopic (exact) mass is 246 g/mol. The molecule has 0 saturated carbocycles. The molecule has 1 aromatic carbocycles. The van der Waals surface area contributed by atoms with Gasteiger partial charge in [-0.3, -0.25) is 0 Å². The first-order valence-electron chi connectivity index (χ1n) is 3.61. The van der Waals surface area contributed by atoms with Crippen LogP contribution < -0.4 is 0 Å². The predicted molar refractivity (Wildman–Crippen MR) is 50.4 cm³/mol. The van der Waals surface area contributed by atoms with Crippen molar-refractivity contribution < 1.29 is 13.9 Å². The fourth-order valence-electron chi connectivity index (χ4n) is 0.922. The number of alkyl halides is 1. The molecule has 0 aliphatic heterocycles. The molecule has 0 unspecified atom stereocenters. The third-order valence-corrected chi connectivity index (χ3v) is 2.21. The maximum absolute atomic E-state index is 13.0. The van der Waals surface area contributed by atoms with Gasteiger partial charge < -0.3 is 4.74 Å². The molecular weight excluding hydrogens is 239 g/mol. The highest BCUT2D eigenvalue weighted by atomic mass is 79.9. The first-order chi connectivity index (χ1) is 6.19. The number of halogens is 2. The van der Waals surface area contributed by atoms with E-state index in [9.17, 15) is 9.18 Å². The lowest BCUT2D eigenvalue weighted by atomic mass is 10.1. The molecule has 1 aromatic rings. The van der Waals surface area contributed by atoms with E-state index in [1.54, 1.807) is 0 Å². The minimum absolute atomic E-state index is 0.329. The minimum Gasteiger partial charge on any atom is -0.465 e. The quantitative estimate of drug-likeness (QED) is 0.592. The average molecular weight is 247 g/mol. The Hall–Kier alpha value is -0.900. The number of methoxy groups -OCH3 is 1. The molecule has 1 rings (SSSR count). The van der Waals surface area contributed by atoms with Gasteiger partial charge in [-0.2, -0.15) is 0 Å². The highest BCUT2D eigenvalue weighted by Gasteiger charge is 2.08. The largest absolute Gasteiger partial charge is 0.465 e. The molecule has 13 heavy (non-hydrogen) atoms. The first-order valence-corrected chi connectivity index (χ1v) is 4.74. The SMILES string of the molecule is COC(=O)c1ccc(F)c(CBr)c1. The number of carbonyl (C=O) groups is 1. The number of hydrogen-bond acceptors (Lipinski definition) is 2. The van der Waals surface area contributed by atoms with E-state index < -0.39 is 5.97 Å². The van der Waals surface area contributed by atoms with Crippen molar-refractivity contribution in [1.82, 2.24) is 0 Å². The number of hydrogen-bond donors (Lipinski definition) is 0. The predicted octanol–water partition coefficient (Wildman–Crippen LogP) is 2.51. The topological polar surface area (TPSA) is 26.3 Å². The zero-order valence-corrected chi connectivity index (χ0v) is 8.60. The summed E-state index contributed by atoms with van der Waals surface area (Å²) in [7, 11) is 1.29. The molecule has 0 saturated heterocycles. The van der Waals surface area contributed by atoms with E-state index in [-0.39, 0.29) is 5.82 Å². The summed E-state index contributed by atoms with van der Waals surface area (Å²) in [6, 6.07) is 4.12. The molecule has 0 radical (unpaired) electrons. The summed E-state index contributed by atoms with van der Waals surface area (Å²) in [6.07, 6.45) is 0. The van der Waals surface area contributed by atoms with Gasteiger partial charge in [-0.1, -0.05) is 15.9 Å². The molecule has 0 atom stereocenters. The number of carbonyl (C=O) groups excluding carboxylic acids is 1. The van der Waals surface area contributed by atoms with Crippen LogP contribution in [0.3, 0.4) is 0 Å². The Balaban J connectivity index is 3.06. The Kier molecular flexibility index (Phi) is 3.42. The number of esters is 1. The highest BCUT2D eigenvalue weighted by Crippen LogP contribution is 2.14. The van der Waals surface area contributed by atoms with Crippen molar-refractivity contribution in [2.45, 2.75) is 5.33 Å². The van der Waals surface area contributed by atoms with Crippen molar-refractivity contribution in [2.75, 3.05) is 7.11 Å². The van der Waals surface area contributed by atoms with Crippen molar-refractivity contribution >= 4 is 21.9 Å². The Morgan fingerprint density at radius 2 is 2.31 bits per heavy atom. The lowest BCUT2D eigenvalue weighted by molar-refractivity contribution is 0.0600. The molecule has 0 N–H and O–H groups in total. The summed E-state index contributed by atoms with van der Waals surface area (Å²) < 4.78 is 17.5. The van der Waals surface area contributed by atoms with Gasteiger partial charge in [-0.15, -0.1) is 0 Å². The minimum atomic E-state index is -0.456. The number of ether oxygens (including phenoxy) is 1. The van der Waals surface area contributed by atoms with E-state index in [1.807, 2.05) is 0 Å². The van der Waals surface area contributed by atoms with Crippen LogP contribution in [0.15, 0.2) is 18.2 Å². The van der Waals surface area contributed by atoms with Gasteiger partial charge >= 0.3 is 5.97 Å². The third kappa shape index (κ3) is 2.28. The van der Waals surface area contributed by atoms with Crippen LogP contribution in [0.5, 0.6) is 0 Å². The van der Waals surface area contributed by atoms with Gasteiger partial charge in [0.1, 0.15) is 5.82 Å². The molecule has 0 aromatic heterocycles. The van der Waals surface area contributed by atoms with Crippen LogP contribution in [0, 0.1) is 5.82 Å². The smallest absolute Gasteiger partial charge is 0.337 e. The lowest BCUT2D eigenvalue weighted by Crippen LogP contribution is -2.02. The maximum Gasteiger partial charge on any atom is 0.337 e. The fourth-order valence-corrected chi connectivity index (χ4v) is 1.35. The van der Waals surface area contributed by atoms with E-state index in [0.29, 0.717) is 16.5 Å². The van der Waals surface area contributed by atoms with Crippen LogP contribution in [0.25, 0.3) is 0 Å². The number of rotatable bonds is 2. The summed E-state index contributed by atoms with van der Waals surface area (Å²) in [6.45, 7) is 0. The maximum atomic E-state index is 13.0. The molecule has 0 amide bonds. The molecule has 4 heteroatoms. The van der Waals surface area contributed by atoms with Gasteiger partial charge in [0.2, 0.25) is 0 Å². The van der Waals surface area contributed by atoms with Crippen LogP contribution >= 0.6 is 15.9 Å². The second-order valence-corrected chi connectivity index (χ2v) is 2.99. The van der Waals surface area contributed by atoms with Crippen molar-refractivity contribution in [1.29, 1.82) is 0 Å². The van der Waals surface area contributed by atoms with Crippen molar-refractivity contribution in [3.05, 3.63) is 35.1 Å². The molecule has 0 spiro atoms. The zero-order chi connectivity index (χ0) is 9.84. The standard InChI is InChI=1S/C9H8BrFO2/c1-13-9(12)6-2-3-8(11)7(4-6)5-10/h2-4H,5H2,1H3. The second-order valence-electron chi connectivity index (χ2n) is 2.43. The summed E-state index contributed by atoms with van der Waals surface area (Å²) in [5, 5.41) is 0.379. The Labute approximate surface area is 83.8 Å². The zero-order valence-electron chi connectivity index (χ0n) is 7.01. The van der Waals surface area contributed by atoms with Gasteiger partial charge in [-0.05, 0) is 23.8 Å². The molecule has 0 aliphatic rings. The summed E-state index contributed by atoms with van der Waals surface area (Å²) in [5.41, 5.74) is 0.807. The highest BCUT2D eigenvalue weighted by molar-refractivity contribution is 9.08. The van der Waals surface area contributed by atoms with Crippen molar-refractivity contribution in [3.63, 3.8) is 0 Å². The van der Waals surface area contributed by atoms with Crippen LogP contribution in [0.2, 0.25) is 0 Å². The molecule has 70 valence electrons. The van der Waals surface area contributed by atoms with Gasteiger partial charge in [0.15, 0.2) is 0 Å². The second kappa shape index (κ2) is 4.37. The summed E-state index contributed by atoms with van der Waals surface area (Å²) in [5.74, 6) is -0.785. The summed E-state index contributed by atoms with van der Waals surface area (Å²) >= 11 is 3.12. The number of benzene rings is 1. The van der Waals surface area contributed by atoms with Crippen molar-refractivity contribution in [2.24, 2.45) is 0 Å². The lowest BCUT2D eigenvalue weighted by Gasteiger charge is -2.02. The van der Waals surface area contributed by atoms with E-state index in [0.717, 1.165) is 0 Å². The van der Waals surface area contributed by atoms with Gasteiger partial charge in [0, 0.05) is 5.33 Å². The normalized spacial score (nSPS) is 9.77. The Bertz CT molecular complexity index is 325. The molecule has 0 aliphatic carbocycles. The van der Waals surface area contributed by atoms with Crippen LogP contribution in [-0.4, -0.2) is 13.1 Å². The van der Waals surface area contributed by atoms with E-state index >= 15 is 0 Å². The van der Waals surface area contributed by atoms with Gasteiger partial charge in [0.25, 0.3) is 0 Å². The van der Waals surface area contributed by atoms with Gasteiger partial charge in [0.05, 0.1) is 12.7 Å². The molecule has 0 heterocycles. The molecule has 0 bridgehead atoms. The fraction of sp³-hybridized carbons (Fsp3) is 0.222. The first kappa shape index (κ1) is 10.2. The van der Waals surface area contributed by atoms with E-state index in [1.165, 1.54) is 25.3 Å². The third-order valence-electron chi connectivity index (χ3n) is 1.61. The average Bonchev–Trinajstić information content (AvgIpc) is 2.17. The molecule has 0 fully saturated rings. The Morgan fingerprint density at radius 3 is 2.85 bits per heavy atom. The van der Waals surface area contributed by atoms with Crippen LogP contribution in [0.4, 0.5) is 4.39 Å². The van der Waals surface area contributed by atoms with E-state index in [2.05, 4.69) is 20.7 Å².